The van der Waals surface area contributed by atoms with Crippen LogP contribution in [0.1, 0.15) is 29.1 Å². The first-order valence-corrected chi connectivity index (χ1v) is 5.95. The highest BCUT2D eigenvalue weighted by atomic mass is 32.2. The second-order valence-electron chi connectivity index (χ2n) is 2.94. The zero-order valence-electron chi connectivity index (χ0n) is 7.61. The van der Waals surface area contributed by atoms with Gasteiger partial charge in [-0.1, -0.05) is 13.8 Å². The molecule has 13 heavy (non-hydrogen) atoms. The van der Waals surface area contributed by atoms with Gasteiger partial charge in [-0.3, -0.25) is 0 Å². The Kier molecular flexibility index (Phi) is 3.81. The van der Waals surface area contributed by atoms with E-state index in [0.29, 0.717) is 10.1 Å². The van der Waals surface area contributed by atoms with Crippen LogP contribution >= 0.6 is 23.1 Å². The molecule has 1 N–H and O–H groups in total. The van der Waals surface area contributed by atoms with Crippen LogP contribution in [0.15, 0.2) is 11.4 Å². The number of carboxylic acids is 1. The highest BCUT2D eigenvalue weighted by Crippen LogP contribution is 2.23. The van der Waals surface area contributed by atoms with Crippen molar-refractivity contribution in [2.45, 2.75) is 24.9 Å². The largest absolute Gasteiger partial charge is 0.477 e. The predicted molar refractivity (Wildman–Crippen MR) is 57.7 cm³/mol. The maximum Gasteiger partial charge on any atom is 0.346 e. The van der Waals surface area contributed by atoms with Crippen molar-refractivity contribution in [2.75, 3.05) is 0 Å². The highest BCUT2D eigenvalue weighted by Gasteiger charge is 2.11. The minimum atomic E-state index is -0.811. The fourth-order valence-corrected chi connectivity index (χ4v) is 2.50. The van der Waals surface area contributed by atoms with E-state index in [4.69, 9.17) is 5.11 Å². The predicted octanol–water partition coefficient (Wildman–Crippen LogP) is 3.09. The minimum absolute atomic E-state index is 0.480. The molecule has 1 rings (SSSR count). The summed E-state index contributed by atoms with van der Waals surface area (Å²) in [5.74, 6) is -0.0163. The Bertz CT molecular complexity index is 292. The SMILES string of the molecule is CC(C)SCc1ccsc1C(=O)O. The molecule has 0 aliphatic rings. The van der Waals surface area contributed by atoms with Crippen molar-refractivity contribution in [1.29, 1.82) is 0 Å². The summed E-state index contributed by atoms with van der Waals surface area (Å²) in [6.07, 6.45) is 0. The number of carbonyl (C=O) groups is 1. The average Bonchev–Trinajstić information content (AvgIpc) is 2.47. The van der Waals surface area contributed by atoms with Gasteiger partial charge in [-0.25, -0.2) is 4.79 Å². The third-order valence-electron chi connectivity index (χ3n) is 1.51. The van der Waals surface area contributed by atoms with Gasteiger partial charge in [0.15, 0.2) is 0 Å². The molecule has 0 saturated carbocycles. The first-order valence-electron chi connectivity index (χ1n) is 4.02. The van der Waals surface area contributed by atoms with Gasteiger partial charge in [-0.05, 0) is 22.3 Å². The Morgan fingerprint density at radius 2 is 2.38 bits per heavy atom. The summed E-state index contributed by atoms with van der Waals surface area (Å²) in [4.78, 5) is 11.2. The summed E-state index contributed by atoms with van der Waals surface area (Å²) in [6.45, 7) is 4.22. The van der Waals surface area contributed by atoms with E-state index in [1.165, 1.54) is 11.3 Å². The van der Waals surface area contributed by atoms with E-state index in [2.05, 4.69) is 13.8 Å². The molecular weight excluding hydrogens is 204 g/mol. The van der Waals surface area contributed by atoms with Crippen LogP contribution in [-0.4, -0.2) is 16.3 Å². The lowest BCUT2D eigenvalue weighted by atomic mass is 10.3. The number of carboxylic acid groups (broad SMARTS) is 1. The van der Waals surface area contributed by atoms with Crippen molar-refractivity contribution in [2.24, 2.45) is 0 Å². The van der Waals surface area contributed by atoms with Gasteiger partial charge in [-0.15, -0.1) is 11.3 Å². The summed E-state index contributed by atoms with van der Waals surface area (Å²) < 4.78 is 0. The van der Waals surface area contributed by atoms with Crippen molar-refractivity contribution in [3.05, 3.63) is 21.9 Å². The Morgan fingerprint density at radius 3 is 2.92 bits per heavy atom. The molecule has 0 radical (unpaired) electrons. The molecule has 0 spiro atoms. The number of thioether (sulfide) groups is 1. The van der Waals surface area contributed by atoms with E-state index in [9.17, 15) is 4.79 Å². The normalized spacial score (nSPS) is 10.7. The van der Waals surface area contributed by atoms with Crippen LogP contribution in [0.3, 0.4) is 0 Å². The molecular formula is C9H12O2S2. The Morgan fingerprint density at radius 1 is 1.69 bits per heavy atom. The molecule has 0 bridgehead atoms. The molecule has 0 saturated heterocycles. The van der Waals surface area contributed by atoms with Gasteiger partial charge in [0.1, 0.15) is 4.88 Å². The van der Waals surface area contributed by atoms with Crippen LogP contribution < -0.4 is 0 Å². The summed E-state index contributed by atoms with van der Waals surface area (Å²) >= 11 is 3.06. The zero-order valence-corrected chi connectivity index (χ0v) is 9.24. The minimum Gasteiger partial charge on any atom is -0.477 e. The lowest BCUT2D eigenvalue weighted by Crippen LogP contribution is -1.97. The van der Waals surface area contributed by atoms with E-state index < -0.39 is 5.97 Å². The molecule has 0 aliphatic heterocycles. The van der Waals surface area contributed by atoms with Crippen LogP contribution in [0.4, 0.5) is 0 Å². The average molecular weight is 216 g/mol. The van der Waals surface area contributed by atoms with Crippen LogP contribution in [0, 0.1) is 0 Å². The van der Waals surface area contributed by atoms with Crippen molar-refractivity contribution < 1.29 is 9.90 Å². The van der Waals surface area contributed by atoms with E-state index in [1.54, 1.807) is 11.8 Å². The molecule has 1 aromatic heterocycles. The first kappa shape index (κ1) is 10.6. The van der Waals surface area contributed by atoms with Crippen LogP contribution in [0.25, 0.3) is 0 Å². The number of hydrogen-bond acceptors (Lipinski definition) is 3. The monoisotopic (exact) mass is 216 g/mol. The highest BCUT2D eigenvalue weighted by molar-refractivity contribution is 7.99. The summed E-state index contributed by atoms with van der Waals surface area (Å²) in [7, 11) is 0. The van der Waals surface area contributed by atoms with Crippen LogP contribution in [0.5, 0.6) is 0 Å². The molecule has 2 nitrogen and oxygen atoms in total. The summed E-state index contributed by atoms with van der Waals surface area (Å²) in [5.41, 5.74) is 0.941. The van der Waals surface area contributed by atoms with Gasteiger partial charge in [0.25, 0.3) is 0 Å². The Balaban J connectivity index is 2.65. The molecule has 0 amide bonds. The molecule has 4 heteroatoms. The fourth-order valence-electron chi connectivity index (χ4n) is 0.893. The van der Waals surface area contributed by atoms with E-state index in [0.717, 1.165) is 11.3 Å². The molecule has 0 atom stereocenters. The fraction of sp³-hybridized carbons (Fsp3) is 0.444. The van der Waals surface area contributed by atoms with Crippen molar-refractivity contribution in [3.8, 4) is 0 Å². The number of rotatable bonds is 4. The second kappa shape index (κ2) is 4.67. The van der Waals surface area contributed by atoms with Crippen molar-refractivity contribution in [1.82, 2.24) is 0 Å². The summed E-state index contributed by atoms with van der Waals surface area (Å²) in [5, 5.41) is 11.2. The molecule has 1 heterocycles. The molecule has 1 aromatic rings. The molecule has 0 aliphatic carbocycles. The third-order valence-corrected chi connectivity index (χ3v) is 3.60. The van der Waals surface area contributed by atoms with E-state index in [1.807, 2.05) is 11.4 Å². The quantitative estimate of drug-likeness (QED) is 0.840. The second-order valence-corrected chi connectivity index (χ2v) is 5.42. The zero-order chi connectivity index (χ0) is 9.84. The van der Waals surface area contributed by atoms with Gasteiger partial charge in [0.05, 0.1) is 0 Å². The Hall–Kier alpha value is -0.480. The van der Waals surface area contributed by atoms with E-state index in [-0.39, 0.29) is 0 Å². The van der Waals surface area contributed by atoms with Gasteiger partial charge < -0.3 is 5.11 Å². The maximum atomic E-state index is 10.7. The Labute approximate surface area is 86.0 Å². The topological polar surface area (TPSA) is 37.3 Å². The van der Waals surface area contributed by atoms with Gasteiger partial charge >= 0.3 is 5.97 Å². The summed E-state index contributed by atoms with van der Waals surface area (Å²) in [6, 6.07) is 1.89. The maximum absolute atomic E-state index is 10.7. The van der Waals surface area contributed by atoms with Gasteiger partial charge in [0.2, 0.25) is 0 Å². The first-order chi connectivity index (χ1) is 6.11. The molecule has 72 valence electrons. The lowest BCUT2D eigenvalue weighted by Gasteiger charge is -2.03. The third kappa shape index (κ3) is 3.04. The van der Waals surface area contributed by atoms with Crippen molar-refractivity contribution >= 4 is 29.1 Å². The lowest BCUT2D eigenvalue weighted by molar-refractivity contribution is 0.0701. The standard InChI is InChI=1S/C9H12O2S2/c1-6(2)13-5-7-3-4-12-8(7)9(10)11/h3-4,6H,5H2,1-2H3,(H,10,11). The van der Waals surface area contributed by atoms with Crippen LogP contribution in [-0.2, 0) is 5.75 Å². The molecule has 0 aromatic carbocycles. The van der Waals surface area contributed by atoms with Crippen LogP contribution in [0.2, 0.25) is 0 Å². The number of hydrogen-bond donors (Lipinski definition) is 1. The van der Waals surface area contributed by atoms with Gasteiger partial charge in [-0.2, -0.15) is 11.8 Å². The van der Waals surface area contributed by atoms with E-state index >= 15 is 0 Å². The smallest absolute Gasteiger partial charge is 0.346 e. The number of aromatic carboxylic acids is 1. The van der Waals surface area contributed by atoms with Crippen molar-refractivity contribution in [3.63, 3.8) is 0 Å². The number of thiophene rings is 1. The molecule has 0 unspecified atom stereocenters. The van der Waals surface area contributed by atoms with Gasteiger partial charge in [0, 0.05) is 5.75 Å². The molecule has 0 fully saturated rings.